The Labute approximate surface area is 109 Å². The van der Waals surface area contributed by atoms with Crippen molar-refractivity contribution in [1.82, 2.24) is 0 Å². The lowest BCUT2D eigenvalue weighted by Crippen LogP contribution is -2.15. The van der Waals surface area contributed by atoms with Crippen LogP contribution in [0.2, 0.25) is 0 Å². The van der Waals surface area contributed by atoms with Gasteiger partial charge in [0, 0.05) is 6.42 Å². The number of carbonyl (C=O) groups is 2. The lowest BCUT2D eigenvalue weighted by Gasteiger charge is -2.06. The molecule has 4 heteroatoms. The molecule has 0 rings (SSSR count). The molecule has 0 aromatic carbocycles. The van der Waals surface area contributed by atoms with Crippen LogP contribution in [0.4, 0.5) is 0 Å². The number of aliphatic hydroxyl groups is 1. The van der Waals surface area contributed by atoms with Crippen molar-refractivity contribution in [2.24, 2.45) is 0 Å². The topological polar surface area (TPSA) is 74.6 Å². The zero-order chi connectivity index (χ0) is 13.8. The summed E-state index contributed by atoms with van der Waals surface area (Å²) in [5.41, 5.74) is 0. The molecule has 0 aliphatic carbocycles. The third kappa shape index (κ3) is 11.3. The third-order valence-corrected chi connectivity index (χ3v) is 2.62. The van der Waals surface area contributed by atoms with E-state index in [0.717, 1.165) is 12.8 Å². The number of aliphatic carboxylic acids is 1. The number of aliphatic hydroxyl groups excluding tert-OH is 1. The summed E-state index contributed by atoms with van der Waals surface area (Å²) in [5, 5.41) is 17.9. The number of ketones is 1. The molecule has 0 radical (unpaired) electrons. The Morgan fingerprint density at radius 3 is 2.44 bits per heavy atom. The minimum atomic E-state index is -1.14. The van der Waals surface area contributed by atoms with Crippen LogP contribution in [0.15, 0.2) is 12.2 Å². The number of carboxylic acid groups (broad SMARTS) is 1. The highest BCUT2D eigenvalue weighted by atomic mass is 16.4. The molecule has 0 heterocycles. The van der Waals surface area contributed by atoms with Crippen LogP contribution in [0, 0.1) is 0 Å². The van der Waals surface area contributed by atoms with Crippen LogP contribution in [0.25, 0.3) is 0 Å². The molecule has 1 atom stereocenters. The Kier molecular flexibility index (Phi) is 10.3. The van der Waals surface area contributed by atoms with E-state index in [9.17, 15) is 14.7 Å². The van der Waals surface area contributed by atoms with Gasteiger partial charge in [-0.2, -0.15) is 0 Å². The summed E-state index contributed by atoms with van der Waals surface area (Å²) in [6.07, 6.45) is 8.76. The van der Waals surface area contributed by atoms with Crippen molar-refractivity contribution < 1.29 is 19.8 Å². The molecule has 0 fully saturated rings. The Balaban J connectivity index is 3.55. The summed E-state index contributed by atoms with van der Waals surface area (Å²) in [4.78, 5) is 21.4. The standard InChI is InChI=1S/C14H24O4/c1-2-3-4-5-6-7-8-9-12(15)10-13(16)11-14(17)18/h6-7,12,15H,2-5,8-11H2,1H3,(H,17,18). The minimum Gasteiger partial charge on any atom is -0.481 e. The fraction of sp³-hybridized carbons (Fsp3) is 0.714. The minimum absolute atomic E-state index is 0.0595. The molecule has 18 heavy (non-hydrogen) atoms. The zero-order valence-electron chi connectivity index (χ0n) is 11.1. The van der Waals surface area contributed by atoms with Gasteiger partial charge in [-0.05, 0) is 25.7 Å². The number of carbonyl (C=O) groups excluding carboxylic acids is 1. The van der Waals surface area contributed by atoms with Crippen molar-refractivity contribution in [2.75, 3.05) is 0 Å². The van der Waals surface area contributed by atoms with E-state index < -0.39 is 24.3 Å². The van der Waals surface area contributed by atoms with Gasteiger partial charge in [-0.15, -0.1) is 0 Å². The molecule has 0 saturated heterocycles. The van der Waals surface area contributed by atoms with Crippen LogP contribution < -0.4 is 0 Å². The van der Waals surface area contributed by atoms with E-state index in [2.05, 4.69) is 13.0 Å². The molecule has 0 bridgehead atoms. The van der Waals surface area contributed by atoms with Crippen molar-refractivity contribution in [3.63, 3.8) is 0 Å². The molecular formula is C14H24O4. The summed E-state index contributed by atoms with van der Waals surface area (Å²) >= 11 is 0. The Bertz CT molecular complexity index is 271. The van der Waals surface area contributed by atoms with Gasteiger partial charge in [0.1, 0.15) is 12.2 Å². The van der Waals surface area contributed by atoms with Crippen molar-refractivity contribution >= 4 is 11.8 Å². The number of allylic oxidation sites excluding steroid dienone is 2. The molecule has 1 unspecified atom stereocenters. The largest absolute Gasteiger partial charge is 0.481 e. The lowest BCUT2D eigenvalue weighted by molar-refractivity contribution is -0.140. The maximum atomic E-state index is 11.1. The first-order valence-electron chi connectivity index (χ1n) is 6.62. The highest BCUT2D eigenvalue weighted by Gasteiger charge is 2.12. The van der Waals surface area contributed by atoms with Gasteiger partial charge < -0.3 is 10.2 Å². The number of unbranched alkanes of at least 4 members (excludes halogenated alkanes) is 3. The average Bonchev–Trinajstić information content (AvgIpc) is 2.26. The number of rotatable bonds is 11. The summed E-state index contributed by atoms with van der Waals surface area (Å²) in [6, 6.07) is 0. The summed E-state index contributed by atoms with van der Waals surface area (Å²) < 4.78 is 0. The molecule has 0 aromatic heterocycles. The molecule has 0 saturated carbocycles. The van der Waals surface area contributed by atoms with Gasteiger partial charge in [-0.3, -0.25) is 9.59 Å². The SMILES string of the molecule is CCCCCC=CCCC(O)CC(=O)CC(=O)O. The van der Waals surface area contributed by atoms with Crippen molar-refractivity contribution in [1.29, 1.82) is 0 Å². The fourth-order valence-corrected chi connectivity index (χ4v) is 1.64. The first kappa shape index (κ1) is 16.8. The van der Waals surface area contributed by atoms with Gasteiger partial charge >= 0.3 is 5.97 Å². The third-order valence-electron chi connectivity index (χ3n) is 2.62. The fourth-order valence-electron chi connectivity index (χ4n) is 1.64. The highest BCUT2D eigenvalue weighted by Crippen LogP contribution is 2.06. The Morgan fingerprint density at radius 1 is 1.17 bits per heavy atom. The number of Topliss-reactive ketones (excluding diaryl/α,β-unsaturated/α-hetero) is 1. The van der Waals surface area contributed by atoms with Crippen LogP contribution in [0.5, 0.6) is 0 Å². The maximum Gasteiger partial charge on any atom is 0.310 e. The first-order valence-corrected chi connectivity index (χ1v) is 6.62. The van der Waals surface area contributed by atoms with Crippen molar-refractivity contribution in [3.05, 3.63) is 12.2 Å². The van der Waals surface area contributed by atoms with Gasteiger partial charge in [0.2, 0.25) is 0 Å². The van der Waals surface area contributed by atoms with E-state index in [1.54, 1.807) is 0 Å². The van der Waals surface area contributed by atoms with E-state index >= 15 is 0 Å². The monoisotopic (exact) mass is 256 g/mol. The van der Waals surface area contributed by atoms with E-state index in [1.807, 2.05) is 6.08 Å². The predicted molar refractivity (Wildman–Crippen MR) is 70.4 cm³/mol. The second kappa shape index (κ2) is 11.0. The summed E-state index contributed by atoms with van der Waals surface area (Å²) in [5.74, 6) is -1.55. The van der Waals surface area contributed by atoms with E-state index in [1.165, 1.54) is 19.3 Å². The summed E-state index contributed by atoms with van der Waals surface area (Å²) in [7, 11) is 0. The smallest absolute Gasteiger partial charge is 0.310 e. The molecule has 104 valence electrons. The predicted octanol–water partition coefficient (Wildman–Crippen LogP) is 2.70. The Morgan fingerprint density at radius 2 is 1.83 bits per heavy atom. The Hall–Kier alpha value is -1.16. The lowest BCUT2D eigenvalue weighted by atomic mass is 10.1. The molecular weight excluding hydrogens is 232 g/mol. The highest BCUT2D eigenvalue weighted by molar-refractivity contribution is 5.94. The van der Waals surface area contributed by atoms with Crippen molar-refractivity contribution in [3.8, 4) is 0 Å². The van der Waals surface area contributed by atoms with E-state index in [-0.39, 0.29) is 6.42 Å². The summed E-state index contributed by atoms with van der Waals surface area (Å²) in [6.45, 7) is 2.16. The normalized spacial score (nSPS) is 12.8. The molecule has 4 nitrogen and oxygen atoms in total. The molecule has 0 spiro atoms. The molecule has 2 N–H and O–H groups in total. The second-order valence-corrected chi connectivity index (χ2v) is 4.51. The van der Waals surface area contributed by atoms with Crippen LogP contribution in [0.1, 0.15) is 58.3 Å². The molecule has 0 aromatic rings. The number of hydrogen-bond donors (Lipinski definition) is 2. The maximum absolute atomic E-state index is 11.1. The number of carboxylic acids is 1. The average molecular weight is 256 g/mol. The van der Waals surface area contributed by atoms with Gasteiger partial charge in [-0.25, -0.2) is 0 Å². The van der Waals surface area contributed by atoms with Gasteiger partial charge in [0.15, 0.2) is 0 Å². The van der Waals surface area contributed by atoms with Crippen LogP contribution >= 0.6 is 0 Å². The molecule has 0 aliphatic rings. The quantitative estimate of drug-likeness (QED) is 0.338. The van der Waals surface area contributed by atoms with E-state index in [4.69, 9.17) is 5.11 Å². The van der Waals surface area contributed by atoms with Crippen LogP contribution in [-0.4, -0.2) is 28.1 Å². The zero-order valence-corrected chi connectivity index (χ0v) is 11.1. The number of hydrogen-bond acceptors (Lipinski definition) is 3. The van der Waals surface area contributed by atoms with Gasteiger partial charge in [-0.1, -0.05) is 31.9 Å². The molecule has 0 amide bonds. The van der Waals surface area contributed by atoms with Gasteiger partial charge in [0.25, 0.3) is 0 Å². The van der Waals surface area contributed by atoms with Gasteiger partial charge in [0.05, 0.1) is 6.10 Å². The van der Waals surface area contributed by atoms with Crippen LogP contribution in [-0.2, 0) is 9.59 Å². The first-order chi connectivity index (χ1) is 8.56. The van der Waals surface area contributed by atoms with E-state index in [0.29, 0.717) is 6.42 Å². The van der Waals surface area contributed by atoms with Crippen molar-refractivity contribution in [2.45, 2.75) is 64.4 Å². The molecule has 0 aliphatic heterocycles. The second-order valence-electron chi connectivity index (χ2n) is 4.51. The van der Waals surface area contributed by atoms with Crippen LogP contribution in [0.3, 0.4) is 0 Å².